The predicted octanol–water partition coefficient (Wildman–Crippen LogP) is 0.209. The number of nitrogens with zero attached hydrogens (tertiary/aromatic N) is 1. The molecule has 0 radical (unpaired) electrons. The molecule has 1 heterocycles. The molecule has 1 aliphatic heterocycles. The maximum Gasteiger partial charge on any atom is 0.410 e. The van der Waals surface area contributed by atoms with Crippen molar-refractivity contribution in [2.24, 2.45) is 0 Å². The Morgan fingerprint density at radius 3 is 2.77 bits per heavy atom. The largest absolute Gasteiger partial charge is 0.450 e. The second-order valence-corrected chi connectivity index (χ2v) is 2.81. The summed E-state index contributed by atoms with van der Waals surface area (Å²) in [6.07, 6.45) is 0.320. The van der Waals surface area contributed by atoms with Crippen LogP contribution in [0.25, 0.3) is 0 Å². The van der Waals surface area contributed by atoms with E-state index in [0.717, 1.165) is 6.42 Å². The van der Waals surface area contributed by atoms with Crippen molar-refractivity contribution >= 4 is 12.0 Å². The van der Waals surface area contributed by atoms with Gasteiger partial charge in [0.1, 0.15) is 6.04 Å². The number of amides is 2. The monoisotopic (exact) mass is 188 g/mol. The Labute approximate surface area is 78.5 Å². The number of hydrogen-bond acceptors (Lipinski definition) is 3. The van der Waals surface area contributed by atoms with Gasteiger partial charge in [-0.25, -0.2) is 4.79 Å². The lowest BCUT2D eigenvalue weighted by atomic mass is 10.0. The molecule has 1 atom stereocenters. The van der Waals surface area contributed by atoms with Crippen LogP contribution in [0.5, 0.6) is 0 Å². The molecule has 0 spiro atoms. The van der Waals surface area contributed by atoms with Crippen LogP contribution in [0.15, 0.2) is 0 Å². The zero-order valence-electron chi connectivity index (χ0n) is 7.87. The Morgan fingerprint density at radius 2 is 2.38 bits per heavy atom. The minimum atomic E-state index is -0.401. The fraction of sp³-hybridized carbons (Fsp3) is 0.750. The van der Waals surface area contributed by atoms with E-state index >= 15 is 0 Å². The van der Waals surface area contributed by atoms with Crippen LogP contribution in [0.4, 0.5) is 4.79 Å². The number of ether oxygens (including phenoxy) is 1. The SMILES string of the molecule is CCOC(=O)N1CCC1C(=O)NC.[HH]. The van der Waals surface area contributed by atoms with Crippen molar-refractivity contribution in [3.63, 3.8) is 0 Å². The summed E-state index contributed by atoms with van der Waals surface area (Å²) in [6, 6.07) is -0.330. The number of nitrogens with one attached hydrogen (secondary N) is 1. The van der Waals surface area contributed by atoms with Crippen LogP contribution in [-0.2, 0) is 9.53 Å². The molecule has 1 rings (SSSR count). The normalized spacial score (nSPS) is 20.5. The van der Waals surface area contributed by atoms with Gasteiger partial charge >= 0.3 is 6.09 Å². The molecule has 1 N–H and O–H groups in total. The lowest BCUT2D eigenvalue weighted by Crippen LogP contribution is -2.57. The molecular formula is C8H16N2O3. The predicted molar refractivity (Wildman–Crippen MR) is 48.3 cm³/mol. The summed E-state index contributed by atoms with van der Waals surface area (Å²) in [4.78, 5) is 23.8. The summed E-state index contributed by atoms with van der Waals surface area (Å²) in [5.74, 6) is -0.126. The Hall–Kier alpha value is -1.26. The summed E-state index contributed by atoms with van der Waals surface area (Å²) in [5, 5.41) is 2.51. The van der Waals surface area contributed by atoms with E-state index in [1.807, 2.05) is 0 Å². The Morgan fingerprint density at radius 1 is 1.69 bits per heavy atom. The summed E-state index contributed by atoms with van der Waals surface area (Å²) >= 11 is 0. The van der Waals surface area contributed by atoms with Crippen molar-refractivity contribution in [1.82, 2.24) is 10.2 Å². The molecular weight excluding hydrogens is 172 g/mol. The van der Waals surface area contributed by atoms with Crippen molar-refractivity contribution in [3.05, 3.63) is 0 Å². The Bertz CT molecular complexity index is 223. The Kier molecular flexibility index (Phi) is 3.11. The number of carbonyl (C=O) groups excluding carboxylic acids is 2. The van der Waals surface area contributed by atoms with Gasteiger partial charge in [-0.1, -0.05) is 0 Å². The highest BCUT2D eigenvalue weighted by molar-refractivity contribution is 5.86. The molecule has 2 amide bonds. The third-order valence-electron chi connectivity index (χ3n) is 2.07. The summed E-state index contributed by atoms with van der Waals surface area (Å²) in [7, 11) is 1.56. The number of likely N-dealkylation sites (tertiary alicyclic amines) is 1. The molecule has 1 aliphatic rings. The maximum atomic E-state index is 11.2. The second-order valence-electron chi connectivity index (χ2n) is 2.81. The van der Waals surface area contributed by atoms with Crippen LogP contribution in [-0.4, -0.2) is 43.1 Å². The molecule has 0 aromatic heterocycles. The number of rotatable bonds is 2. The maximum absolute atomic E-state index is 11.2. The highest BCUT2D eigenvalue weighted by Gasteiger charge is 2.37. The van der Waals surface area contributed by atoms with Crippen molar-refractivity contribution in [2.75, 3.05) is 20.2 Å². The minimum absolute atomic E-state index is 0. The van der Waals surface area contributed by atoms with Gasteiger partial charge in [-0.2, -0.15) is 0 Å². The van der Waals surface area contributed by atoms with Gasteiger partial charge in [-0.3, -0.25) is 9.69 Å². The van der Waals surface area contributed by atoms with Gasteiger partial charge in [0.25, 0.3) is 0 Å². The standard InChI is InChI=1S/C8H14N2O3.H2/c1-3-13-8(12)10-5-4-6(10)7(11)9-2;/h6H,3-5H2,1-2H3,(H,9,11);1H. The zero-order chi connectivity index (χ0) is 9.84. The van der Waals surface area contributed by atoms with Crippen molar-refractivity contribution in [3.8, 4) is 0 Å². The van der Waals surface area contributed by atoms with Crippen LogP contribution in [0, 0.1) is 0 Å². The van der Waals surface area contributed by atoms with Crippen molar-refractivity contribution < 1.29 is 15.8 Å². The highest BCUT2D eigenvalue weighted by atomic mass is 16.6. The van der Waals surface area contributed by atoms with Gasteiger partial charge in [-0.05, 0) is 13.3 Å². The third kappa shape index (κ3) is 1.91. The molecule has 0 saturated carbocycles. The van der Waals surface area contributed by atoms with E-state index in [1.165, 1.54) is 4.90 Å². The first kappa shape index (κ1) is 9.83. The lowest BCUT2D eigenvalue weighted by Gasteiger charge is -2.38. The molecule has 76 valence electrons. The average molecular weight is 188 g/mol. The molecule has 1 fully saturated rings. The minimum Gasteiger partial charge on any atom is -0.450 e. The van der Waals surface area contributed by atoms with Gasteiger partial charge < -0.3 is 10.1 Å². The first-order chi connectivity index (χ1) is 6.20. The summed E-state index contributed by atoms with van der Waals surface area (Å²) < 4.78 is 4.78. The fourth-order valence-electron chi connectivity index (χ4n) is 1.25. The molecule has 5 nitrogen and oxygen atoms in total. The first-order valence-electron chi connectivity index (χ1n) is 4.35. The molecule has 0 bridgehead atoms. The molecule has 1 unspecified atom stereocenters. The number of hydrogen-bond donors (Lipinski definition) is 1. The van der Waals surface area contributed by atoms with E-state index < -0.39 is 6.09 Å². The van der Waals surface area contributed by atoms with Gasteiger partial charge in [0.05, 0.1) is 6.61 Å². The van der Waals surface area contributed by atoms with Crippen LogP contribution >= 0.6 is 0 Å². The van der Waals surface area contributed by atoms with Crippen molar-refractivity contribution in [2.45, 2.75) is 19.4 Å². The van der Waals surface area contributed by atoms with Gasteiger partial charge in [0.2, 0.25) is 5.91 Å². The molecule has 5 heteroatoms. The average Bonchev–Trinajstić information content (AvgIpc) is 2.02. The summed E-state index contributed by atoms with van der Waals surface area (Å²) in [6.45, 7) is 2.69. The molecule has 0 aromatic carbocycles. The van der Waals surface area contributed by atoms with Crippen LogP contribution in [0.2, 0.25) is 0 Å². The van der Waals surface area contributed by atoms with E-state index in [-0.39, 0.29) is 13.4 Å². The van der Waals surface area contributed by atoms with Gasteiger partial charge in [0.15, 0.2) is 0 Å². The quantitative estimate of drug-likeness (QED) is 0.674. The van der Waals surface area contributed by atoms with Gasteiger partial charge in [-0.15, -0.1) is 0 Å². The smallest absolute Gasteiger partial charge is 0.410 e. The van der Waals surface area contributed by atoms with E-state index in [4.69, 9.17) is 4.74 Å². The van der Waals surface area contributed by atoms with E-state index in [9.17, 15) is 9.59 Å². The molecule has 0 aromatic rings. The topological polar surface area (TPSA) is 58.6 Å². The van der Waals surface area contributed by atoms with Crippen LogP contribution < -0.4 is 5.32 Å². The number of carbonyl (C=O) groups is 2. The van der Waals surface area contributed by atoms with E-state index in [0.29, 0.717) is 13.2 Å². The number of likely N-dealkylation sites (N-methyl/N-ethyl adjacent to an activating group) is 1. The Balaban J connectivity index is 0.00000169. The van der Waals surface area contributed by atoms with E-state index in [1.54, 1.807) is 14.0 Å². The fourth-order valence-corrected chi connectivity index (χ4v) is 1.25. The third-order valence-corrected chi connectivity index (χ3v) is 2.07. The first-order valence-corrected chi connectivity index (χ1v) is 4.35. The second kappa shape index (κ2) is 4.11. The highest BCUT2D eigenvalue weighted by Crippen LogP contribution is 2.18. The zero-order valence-corrected chi connectivity index (χ0v) is 7.87. The molecule has 0 aliphatic carbocycles. The van der Waals surface area contributed by atoms with Crippen LogP contribution in [0.3, 0.4) is 0 Å². The molecule has 1 saturated heterocycles. The van der Waals surface area contributed by atoms with E-state index in [2.05, 4.69) is 5.32 Å². The van der Waals surface area contributed by atoms with Gasteiger partial charge in [0, 0.05) is 15.0 Å². The summed E-state index contributed by atoms with van der Waals surface area (Å²) in [5.41, 5.74) is 0. The molecule has 13 heavy (non-hydrogen) atoms. The van der Waals surface area contributed by atoms with Crippen molar-refractivity contribution in [1.29, 1.82) is 0 Å². The van der Waals surface area contributed by atoms with Crippen LogP contribution in [0.1, 0.15) is 14.8 Å². The lowest BCUT2D eigenvalue weighted by molar-refractivity contribution is -0.129.